The van der Waals surface area contributed by atoms with E-state index in [1.165, 1.54) is 0 Å². The summed E-state index contributed by atoms with van der Waals surface area (Å²) in [6, 6.07) is 7.61. The summed E-state index contributed by atoms with van der Waals surface area (Å²) in [6.45, 7) is 0.602. The second-order valence-electron chi connectivity index (χ2n) is 3.21. The van der Waals surface area contributed by atoms with Gasteiger partial charge in [0.15, 0.2) is 5.82 Å². The Balaban J connectivity index is 2.45. The van der Waals surface area contributed by atoms with Crippen molar-refractivity contribution >= 4 is 0 Å². The van der Waals surface area contributed by atoms with Gasteiger partial charge in [0.25, 0.3) is 0 Å². The molecule has 0 unspecified atom stereocenters. The first-order chi connectivity index (χ1) is 7.86. The minimum atomic E-state index is 0.602. The number of methoxy groups -OCH3 is 1. The van der Waals surface area contributed by atoms with Crippen LogP contribution in [-0.2, 0) is 6.54 Å². The van der Waals surface area contributed by atoms with E-state index in [1.54, 1.807) is 11.8 Å². The van der Waals surface area contributed by atoms with Crippen molar-refractivity contribution in [3.63, 3.8) is 0 Å². The number of aromatic nitrogens is 4. The van der Waals surface area contributed by atoms with E-state index in [4.69, 9.17) is 4.74 Å². The Morgan fingerprint density at radius 1 is 1.38 bits per heavy atom. The molecule has 0 amide bonds. The minimum Gasteiger partial charge on any atom is -0.494 e. The molecular formula is C10H13N5O. The standard InChI is InChI=1S/C10H13N5O/c1-11-7-10-12-13-14-15(10)8-5-3-4-6-9(8)16-2/h3-6,11H,7H2,1-2H3. The van der Waals surface area contributed by atoms with Crippen LogP contribution in [-0.4, -0.2) is 34.4 Å². The monoisotopic (exact) mass is 219 g/mol. The van der Waals surface area contributed by atoms with Crippen LogP contribution in [0.5, 0.6) is 5.75 Å². The lowest BCUT2D eigenvalue weighted by molar-refractivity contribution is 0.411. The molecule has 0 aliphatic heterocycles. The molecular weight excluding hydrogens is 206 g/mol. The lowest BCUT2D eigenvalue weighted by Gasteiger charge is -2.08. The fraction of sp³-hybridized carbons (Fsp3) is 0.300. The zero-order chi connectivity index (χ0) is 11.4. The summed E-state index contributed by atoms with van der Waals surface area (Å²) < 4.78 is 6.93. The van der Waals surface area contributed by atoms with Crippen LogP contribution in [0.15, 0.2) is 24.3 Å². The first kappa shape index (κ1) is 10.6. The summed E-state index contributed by atoms with van der Waals surface area (Å²) in [5.41, 5.74) is 0.834. The van der Waals surface area contributed by atoms with E-state index in [9.17, 15) is 0 Å². The maximum Gasteiger partial charge on any atom is 0.170 e. The quantitative estimate of drug-likeness (QED) is 0.805. The number of tetrazole rings is 1. The largest absolute Gasteiger partial charge is 0.494 e. The Hall–Kier alpha value is -1.95. The number of nitrogens with zero attached hydrogens (tertiary/aromatic N) is 4. The highest BCUT2D eigenvalue weighted by atomic mass is 16.5. The smallest absolute Gasteiger partial charge is 0.170 e. The molecule has 1 heterocycles. The average Bonchev–Trinajstić information content (AvgIpc) is 2.77. The Morgan fingerprint density at radius 2 is 2.19 bits per heavy atom. The molecule has 16 heavy (non-hydrogen) atoms. The van der Waals surface area contributed by atoms with Crippen molar-refractivity contribution in [1.82, 2.24) is 25.5 Å². The molecule has 2 rings (SSSR count). The topological polar surface area (TPSA) is 64.9 Å². The van der Waals surface area contributed by atoms with Gasteiger partial charge in [-0.2, -0.15) is 4.68 Å². The molecule has 84 valence electrons. The van der Waals surface area contributed by atoms with Crippen LogP contribution < -0.4 is 10.1 Å². The lowest BCUT2D eigenvalue weighted by atomic mass is 10.3. The summed E-state index contributed by atoms with van der Waals surface area (Å²) in [7, 11) is 3.47. The van der Waals surface area contributed by atoms with Gasteiger partial charge in [0, 0.05) is 0 Å². The Kier molecular flexibility index (Phi) is 3.11. The normalized spacial score (nSPS) is 10.4. The first-order valence-electron chi connectivity index (χ1n) is 4.92. The van der Waals surface area contributed by atoms with Gasteiger partial charge >= 0.3 is 0 Å². The first-order valence-corrected chi connectivity index (χ1v) is 4.92. The van der Waals surface area contributed by atoms with Crippen LogP contribution in [0.4, 0.5) is 0 Å². The zero-order valence-corrected chi connectivity index (χ0v) is 9.21. The summed E-state index contributed by atoms with van der Waals surface area (Å²) in [4.78, 5) is 0. The van der Waals surface area contributed by atoms with Gasteiger partial charge in [0.1, 0.15) is 11.4 Å². The van der Waals surface area contributed by atoms with Crippen molar-refractivity contribution in [3.8, 4) is 11.4 Å². The maximum atomic E-state index is 5.27. The highest BCUT2D eigenvalue weighted by molar-refractivity contribution is 5.45. The molecule has 0 fully saturated rings. The van der Waals surface area contributed by atoms with Crippen LogP contribution in [0.3, 0.4) is 0 Å². The van der Waals surface area contributed by atoms with Gasteiger partial charge in [0.05, 0.1) is 13.7 Å². The highest BCUT2D eigenvalue weighted by Gasteiger charge is 2.10. The number of benzene rings is 1. The van der Waals surface area contributed by atoms with Crippen molar-refractivity contribution in [2.75, 3.05) is 14.2 Å². The third kappa shape index (κ3) is 1.87. The fourth-order valence-electron chi connectivity index (χ4n) is 1.47. The summed E-state index contributed by atoms with van der Waals surface area (Å²) in [6.07, 6.45) is 0. The molecule has 2 aromatic rings. The van der Waals surface area contributed by atoms with E-state index in [1.807, 2.05) is 31.3 Å². The zero-order valence-electron chi connectivity index (χ0n) is 9.21. The van der Waals surface area contributed by atoms with Gasteiger partial charge < -0.3 is 10.1 Å². The lowest BCUT2D eigenvalue weighted by Crippen LogP contribution is -2.12. The van der Waals surface area contributed by atoms with Gasteiger partial charge in [-0.3, -0.25) is 0 Å². The van der Waals surface area contributed by atoms with Gasteiger partial charge in [-0.15, -0.1) is 5.10 Å². The van der Waals surface area contributed by atoms with Crippen molar-refractivity contribution in [3.05, 3.63) is 30.1 Å². The fourth-order valence-corrected chi connectivity index (χ4v) is 1.47. The average molecular weight is 219 g/mol. The predicted octanol–water partition coefficient (Wildman–Crippen LogP) is 0.390. The second kappa shape index (κ2) is 4.71. The minimum absolute atomic E-state index is 0.602. The third-order valence-electron chi connectivity index (χ3n) is 2.18. The summed E-state index contributed by atoms with van der Waals surface area (Å²) in [5.74, 6) is 1.49. The molecule has 1 aromatic carbocycles. The number of ether oxygens (including phenoxy) is 1. The molecule has 0 atom stereocenters. The SMILES string of the molecule is CNCc1nnnn1-c1ccccc1OC. The molecule has 1 aromatic heterocycles. The molecule has 0 spiro atoms. The van der Waals surface area contributed by atoms with Gasteiger partial charge in [-0.05, 0) is 29.6 Å². The molecule has 6 nitrogen and oxygen atoms in total. The van der Waals surface area contributed by atoms with Crippen LogP contribution in [0.1, 0.15) is 5.82 Å². The molecule has 0 aliphatic rings. The third-order valence-corrected chi connectivity index (χ3v) is 2.18. The Morgan fingerprint density at radius 3 is 2.94 bits per heavy atom. The number of hydrogen-bond donors (Lipinski definition) is 1. The number of para-hydroxylation sites is 2. The van der Waals surface area contributed by atoms with E-state index in [0.29, 0.717) is 6.54 Å². The Bertz CT molecular complexity index is 468. The van der Waals surface area contributed by atoms with Gasteiger partial charge in [-0.25, -0.2) is 0 Å². The van der Waals surface area contributed by atoms with E-state index in [2.05, 4.69) is 20.8 Å². The van der Waals surface area contributed by atoms with Crippen molar-refractivity contribution in [2.45, 2.75) is 6.54 Å². The number of nitrogens with one attached hydrogen (secondary N) is 1. The van der Waals surface area contributed by atoms with Gasteiger partial charge in [0.2, 0.25) is 0 Å². The summed E-state index contributed by atoms with van der Waals surface area (Å²) in [5, 5.41) is 14.6. The van der Waals surface area contributed by atoms with E-state index < -0.39 is 0 Å². The molecule has 0 aliphatic carbocycles. The van der Waals surface area contributed by atoms with Crippen LogP contribution in [0.2, 0.25) is 0 Å². The molecule has 0 saturated heterocycles. The van der Waals surface area contributed by atoms with Crippen LogP contribution in [0.25, 0.3) is 5.69 Å². The van der Waals surface area contributed by atoms with Crippen LogP contribution >= 0.6 is 0 Å². The Labute approximate surface area is 93.2 Å². The molecule has 0 bridgehead atoms. The molecule has 1 N–H and O–H groups in total. The van der Waals surface area contributed by atoms with Gasteiger partial charge in [-0.1, -0.05) is 12.1 Å². The molecule has 6 heteroatoms. The van der Waals surface area contributed by atoms with E-state index >= 15 is 0 Å². The summed E-state index contributed by atoms with van der Waals surface area (Å²) >= 11 is 0. The van der Waals surface area contributed by atoms with Crippen molar-refractivity contribution in [2.24, 2.45) is 0 Å². The predicted molar refractivity (Wildman–Crippen MR) is 58.5 cm³/mol. The second-order valence-corrected chi connectivity index (χ2v) is 3.21. The number of hydrogen-bond acceptors (Lipinski definition) is 5. The van der Waals surface area contributed by atoms with Crippen molar-refractivity contribution in [1.29, 1.82) is 0 Å². The van der Waals surface area contributed by atoms with E-state index in [-0.39, 0.29) is 0 Å². The molecule has 0 radical (unpaired) electrons. The number of rotatable bonds is 4. The van der Waals surface area contributed by atoms with Crippen LogP contribution in [0, 0.1) is 0 Å². The molecule has 0 saturated carbocycles. The van der Waals surface area contributed by atoms with Crippen molar-refractivity contribution < 1.29 is 4.74 Å². The highest BCUT2D eigenvalue weighted by Crippen LogP contribution is 2.21. The van der Waals surface area contributed by atoms with E-state index in [0.717, 1.165) is 17.3 Å². The maximum absolute atomic E-state index is 5.27.